The van der Waals surface area contributed by atoms with Crippen LogP contribution in [0.15, 0.2) is 17.5 Å². The second-order valence-electron chi connectivity index (χ2n) is 5.65. The molecule has 2 aromatic rings. The van der Waals surface area contributed by atoms with E-state index >= 15 is 0 Å². The number of carbonyl (C=O) groups is 2. The molecule has 0 aliphatic heterocycles. The lowest BCUT2D eigenvalue weighted by molar-refractivity contribution is -0.119. The molecule has 0 spiro atoms. The number of carbonyl (C=O) groups excluding carboxylic acids is 2. The molecular weight excluding hydrogens is 326 g/mol. The normalized spacial score (nSPS) is 10.5. The molecule has 0 radical (unpaired) electrons. The van der Waals surface area contributed by atoms with Crippen LogP contribution in [0.3, 0.4) is 0 Å². The Morgan fingerprint density at radius 3 is 2.71 bits per heavy atom. The van der Waals surface area contributed by atoms with Crippen LogP contribution in [0.2, 0.25) is 0 Å². The zero-order chi connectivity index (χ0) is 17.9. The minimum Gasteiger partial charge on any atom is -0.452 e. The summed E-state index contributed by atoms with van der Waals surface area (Å²) >= 11 is 1.25. The minimum absolute atomic E-state index is 0.234. The van der Waals surface area contributed by atoms with E-state index in [2.05, 4.69) is 5.32 Å². The van der Waals surface area contributed by atoms with Crippen LogP contribution in [0.4, 0.5) is 5.00 Å². The molecule has 0 aliphatic carbocycles. The Hall–Kier alpha value is -2.59. The number of ether oxygens (including phenoxy) is 1. The molecule has 1 N–H and O–H groups in total. The number of nitrogens with zero attached hydrogens (tertiary/aromatic N) is 2. The van der Waals surface area contributed by atoms with E-state index in [1.165, 1.54) is 11.3 Å². The van der Waals surface area contributed by atoms with Crippen molar-refractivity contribution in [2.45, 2.75) is 33.7 Å². The van der Waals surface area contributed by atoms with Crippen molar-refractivity contribution < 1.29 is 14.3 Å². The molecule has 0 atom stereocenters. The molecule has 0 bridgehead atoms. The summed E-state index contributed by atoms with van der Waals surface area (Å²) in [6.07, 6.45) is 0. The maximum Gasteiger partial charge on any atom is 0.340 e. The average Bonchev–Trinajstić information content (AvgIpc) is 3.08. The van der Waals surface area contributed by atoms with Gasteiger partial charge in [-0.3, -0.25) is 4.79 Å². The molecule has 2 rings (SSSR count). The van der Waals surface area contributed by atoms with Crippen LogP contribution in [-0.4, -0.2) is 23.1 Å². The fourth-order valence-corrected chi connectivity index (χ4v) is 3.40. The lowest BCUT2D eigenvalue weighted by Gasteiger charge is -2.13. The molecule has 0 fully saturated rings. The fourth-order valence-electron chi connectivity index (χ4n) is 2.64. The third-order valence-electron chi connectivity index (χ3n) is 3.59. The van der Waals surface area contributed by atoms with Crippen LogP contribution in [0.25, 0.3) is 0 Å². The smallest absolute Gasteiger partial charge is 0.340 e. The third kappa shape index (κ3) is 3.66. The summed E-state index contributed by atoms with van der Waals surface area (Å²) in [6, 6.07) is 5.60. The Balaban J connectivity index is 2.00. The first-order valence-corrected chi connectivity index (χ1v) is 8.36. The van der Waals surface area contributed by atoms with Crippen LogP contribution >= 0.6 is 11.3 Å². The van der Waals surface area contributed by atoms with Crippen molar-refractivity contribution in [3.63, 3.8) is 0 Å². The SMILES string of the molecule is Cc1cc(C(=O)OCC(=O)Nc2sccc2C#N)c(C)n1C(C)C. The molecular formula is C17H19N3O3S. The van der Waals surface area contributed by atoms with Crippen LogP contribution in [-0.2, 0) is 9.53 Å². The van der Waals surface area contributed by atoms with Crippen molar-refractivity contribution in [3.8, 4) is 6.07 Å². The lowest BCUT2D eigenvalue weighted by Crippen LogP contribution is -2.21. The number of nitriles is 1. The van der Waals surface area contributed by atoms with Gasteiger partial charge >= 0.3 is 5.97 Å². The highest BCUT2D eigenvalue weighted by Gasteiger charge is 2.19. The second kappa shape index (κ2) is 7.32. The molecule has 0 unspecified atom stereocenters. The van der Waals surface area contributed by atoms with Gasteiger partial charge in [-0.15, -0.1) is 11.3 Å². The van der Waals surface area contributed by atoms with Crippen molar-refractivity contribution >= 4 is 28.2 Å². The molecule has 0 saturated carbocycles. The van der Waals surface area contributed by atoms with Crippen molar-refractivity contribution in [2.75, 3.05) is 11.9 Å². The number of nitrogens with one attached hydrogen (secondary N) is 1. The first-order valence-electron chi connectivity index (χ1n) is 7.48. The van der Waals surface area contributed by atoms with E-state index in [-0.39, 0.29) is 6.04 Å². The number of amides is 1. The standard InChI is InChI=1S/C17H19N3O3S/c1-10(2)20-11(3)7-14(12(20)4)17(22)23-9-15(21)19-16-13(8-18)5-6-24-16/h5-7,10H,9H2,1-4H3,(H,19,21). The number of anilines is 1. The Kier molecular flexibility index (Phi) is 5.42. The molecule has 0 saturated heterocycles. The zero-order valence-electron chi connectivity index (χ0n) is 14.0. The summed E-state index contributed by atoms with van der Waals surface area (Å²) < 4.78 is 7.14. The van der Waals surface area contributed by atoms with E-state index in [1.54, 1.807) is 17.5 Å². The van der Waals surface area contributed by atoms with Gasteiger partial charge in [0.25, 0.3) is 5.91 Å². The van der Waals surface area contributed by atoms with Crippen LogP contribution in [0.5, 0.6) is 0 Å². The van der Waals surface area contributed by atoms with Crippen molar-refractivity contribution in [3.05, 3.63) is 40.0 Å². The van der Waals surface area contributed by atoms with Crippen LogP contribution in [0, 0.1) is 25.2 Å². The highest BCUT2D eigenvalue weighted by Crippen LogP contribution is 2.22. The van der Waals surface area contributed by atoms with E-state index in [4.69, 9.17) is 10.00 Å². The van der Waals surface area contributed by atoms with Crippen molar-refractivity contribution in [1.82, 2.24) is 4.57 Å². The number of thiophene rings is 1. The van der Waals surface area contributed by atoms with Crippen molar-refractivity contribution in [2.24, 2.45) is 0 Å². The first kappa shape index (κ1) is 17.8. The second-order valence-corrected chi connectivity index (χ2v) is 6.56. The summed E-state index contributed by atoms with van der Waals surface area (Å²) in [7, 11) is 0. The van der Waals surface area contributed by atoms with Crippen LogP contribution in [0.1, 0.15) is 47.2 Å². The molecule has 2 heterocycles. The van der Waals surface area contributed by atoms with Gasteiger partial charge in [0.2, 0.25) is 0 Å². The molecule has 24 heavy (non-hydrogen) atoms. The number of esters is 1. The number of aromatic nitrogens is 1. The number of rotatable bonds is 5. The van der Waals surface area contributed by atoms with Gasteiger partial charge in [0.15, 0.2) is 6.61 Å². The molecule has 0 aromatic carbocycles. The number of hydrogen-bond donors (Lipinski definition) is 1. The monoisotopic (exact) mass is 345 g/mol. The number of aryl methyl sites for hydroxylation is 1. The average molecular weight is 345 g/mol. The van der Waals surface area contributed by atoms with E-state index < -0.39 is 18.5 Å². The minimum atomic E-state index is -0.531. The molecule has 1 amide bonds. The maximum absolute atomic E-state index is 12.2. The van der Waals surface area contributed by atoms with Gasteiger partial charge in [-0.25, -0.2) is 4.79 Å². The van der Waals surface area contributed by atoms with Gasteiger partial charge in [0.1, 0.15) is 11.1 Å². The summed E-state index contributed by atoms with van der Waals surface area (Å²) in [5, 5.41) is 13.6. The predicted octanol–water partition coefficient (Wildman–Crippen LogP) is 3.41. The third-order valence-corrected chi connectivity index (χ3v) is 4.42. The Morgan fingerprint density at radius 2 is 2.12 bits per heavy atom. The lowest BCUT2D eigenvalue weighted by atomic mass is 10.2. The summed E-state index contributed by atoms with van der Waals surface area (Å²) in [4.78, 5) is 24.1. The fraction of sp³-hybridized carbons (Fsp3) is 0.353. The van der Waals surface area contributed by atoms with E-state index in [9.17, 15) is 9.59 Å². The highest BCUT2D eigenvalue weighted by atomic mass is 32.1. The topological polar surface area (TPSA) is 84.1 Å². The Labute approximate surface area is 144 Å². The molecule has 2 aromatic heterocycles. The maximum atomic E-state index is 12.2. The summed E-state index contributed by atoms with van der Waals surface area (Å²) in [5.74, 6) is -1.00. The molecule has 126 valence electrons. The summed E-state index contributed by atoms with van der Waals surface area (Å²) in [6.45, 7) is 7.46. The Morgan fingerprint density at radius 1 is 1.42 bits per heavy atom. The summed E-state index contributed by atoms with van der Waals surface area (Å²) in [5.41, 5.74) is 2.64. The predicted molar refractivity (Wildman–Crippen MR) is 92.2 cm³/mol. The van der Waals surface area contributed by atoms with Crippen molar-refractivity contribution in [1.29, 1.82) is 5.26 Å². The van der Waals surface area contributed by atoms with Gasteiger partial charge in [-0.05, 0) is 45.2 Å². The van der Waals surface area contributed by atoms with Gasteiger partial charge in [-0.1, -0.05) is 0 Å². The zero-order valence-corrected chi connectivity index (χ0v) is 14.9. The van der Waals surface area contributed by atoms with Gasteiger partial charge in [0, 0.05) is 17.4 Å². The Bertz CT molecular complexity index is 812. The molecule has 7 heteroatoms. The molecule has 6 nitrogen and oxygen atoms in total. The van der Waals surface area contributed by atoms with Crippen LogP contribution < -0.4 is 5.32 Å². The van der Waals surface area contributed by atoms with Gasteiger partial charge in [0.05, 0.1) is 11.1 Å². The van der Waals surface area contributed by atoms with E-state index in [1.807, 2.05) is 38.3 Å². The number of hydrogen-bond acceptors (Lipinski definition) is 5. The highest BCUT2D eigenvalue weighted by molar-refractivity contribution is 7.14. The van der Waals surface area contributed by atoms with Gasteiger partial charge < -0.3 is 14.6 Å². The van der Waals surface area contributed by atoms with Gasteiger partial charge in [-0.2, -0.15) is 5.26 Å². The largest absolute Gasteiger partial charge is 0.452 e. The van der Waals surface area contributed by atoms with E-state index in [0.29, 0.717) is 16.1 Å². The molecule has 0 aliphatic rings. The quantitative estimate of drug-likeness (QED) is 0.842. The first-order chi connectivity index (χ1) is 11.3. The van der Waals surface area contributed by atoms with E-state index in [0.717, 1.165) is 11.4 Å².